The van der Waals surface area contributed by atoms with E-state index in [0.29, 0.717) is 17.5 Å². The number of carbonyl (C=O) groups is 1. The molecule has 2 aliphatic heterocycles. The molecule has 3 atom stereocenters. The van der Waals surface area contributed by atoms with Crippen LogP contribution in [0.5, 0.6) is 5.88 Å². The number of aliphatic hydroxyl groups excluding tert-OH is 1. The highest BCUT2D eigenvalue weighted by Crippen LogP contribution is 2.40. The molecule has 8 nitrogen and oxygen atoms in total. The van der Waals surface area contributed by atoms with Crippen LogP contribution in [0.3, 0.4) is 0 Å². The molecular weight excluding hydrogens is 478 g/mol. The first-order valence-corrected chi connectivity index (χ1v) is 13.6. The Morgan fingerprint density at radius 3 is 2.69 bits per heavy atom. The number of sulfonamides is 1. The highest BCUT2D eigenvalue weighted by atomic mass is 32.2. The lowest BCUT2D eigenvalue weighted by Gasteiger charge is -2.41. The normalized spacial score (nSPS) is 22.4. The van der Waals surface area contributed by atoms with E-state index in [4.69, 9.17) is 4.74 Å². The Balaban J connectivity index is 1.51. The maximum Gasteiger partial charge on any atom is 0.241 e. The second-order valence-corrected chi connectivity index (χ2v) is 11.6. The smallest absolute Gasteiger partial charge is 0.241 e. The molecule has 0 amide bonds. The molecule has 0 aliphatic carbocycles. The van der Waals surface area contributed by atoms with Gasteiger partial charge in [-0.2, -0.15) is 4.57 Å². The summed E-state index contributed by atoms with van der Waals surface area (Å²) in [6.45, 7) is 5.34. The number of benzene rings is 1. The molecule has 9 heteroatoms. The van der Waals surface area contributed by atoms with Crippen molar-refractivity contribution in [3.8, 4) is 5.88 Å². The number of fused-ring (bicyclic) bond motifs is 2. The monoisotopic (exact) mass is 508 g/mol. The van der Waals surface area contributed by atoms with Crippen LogP contribution in [0.15, 0.2) is 65.8 Å². The van der Waals surface area contributed by atoms with Gasteiger partial charge < -0.3 is 9.84 Å². The van der Waals surface area contributed by atoms with Crippen molar-refractivity contribution in [2.24, 2.45) is 0 Å². The molecule has 2 aromatic heterocycles. The number of aromatic nitrogens is 2. The van der Waals surface area contributed by atoms with E-state index in [1.807, 2.05) is 35.9 Å². The third-order valence-electron chi connectivity index (χ3n) is 7.10. The van der Waals surface area contributed by atoms with Gasteiger partial charge in [-0.05, 0) is 44.0 Å². The average molecular weight is 509 g/mol. The molecule has 0 saturated carbocycles. The number of hydrogen-bond donors (Lipinski definition) is 2. The zero-order chi connectivity index (χ0) is 25.7. The lowest BCUT2D eigenvalue weighted by atomic mass is 9.87. The molecule has 3 aromatic rings. The number of ether oxygens (including phenoxy) is 1. The fourth-order valence-corrected chi connectivity index (χ4v) is 6.16. The van der Waals surface area contributed by atoms with Gasteiger partial charge in [0.15, 0.2) is 11.9 Å². The van der Waals surface area contributed by atoms with Gasteiger partial charge in [0, 0.05) is 42.3 Å². The number of rotatable bonds is 6. The number of aryl methyl sites for hydroxylation is 2. The molecule has 2 aliphatic rings. The molecular formula is C27H30N3O5S+. The number of nitrogens with one attached hydrogen (secondary N) is 1. The van der Waals surface area contributed by atoms with Crippen LogP contribution in [0.2, 0.25) is 0 Å². The minimum Gasteiger partial charge on any atom is -0.469 e. The molecule has 36 heavy (non-hydrogen) atoms. The summed E-state index contributed by atoms with van der Waals surface area (Å²) in [5.41, 5.74) is 1.67. The lowest BCUT2D eigenvalue weighted by molar-refractivity contribution is -0.701. The van der Waals surface area contributed by atoms with Crippen LogP contribution in [0.4, 0.5) is 0 Å². The summed E-state index contributed by atoms with van der Waals surface area (Å²) in [5, 5.41) is 11.1. The Bertz CT molecular complexity index is 1420. The van der Waals surface area contributed by atoms with Gasteiger partial charge in [0.2, 0.25) is 27.7 Å². The molecule has 1 unspecified atom stereocenters. The SMILES string of the molecule is CCc1ccc(S(=O)(=O)N[C@@H]2c3cc(C(=O)C4CCc5cccc[n+]54)cnc3OC(C)(C)[C@H]2O)cc1. The van der Waals surface area contributed by atoms with Gasteiger partial charge in [-0.3, -0.25) is 4.79 Å². The Kier molecular flexibility index (Phi) is 6.18. The summed E-state index contributed by atoms with van der Waals surface area (Å²) >= 11 is 0. The fourth-order valence-electron chi connectivity index (χ4n) is 4.94. The van der Waals surface area contributed by atoms with Gasteiger partial charge >= 0.3 is 0 Å². The third-order valence-corrected chi connectivity index (χ3v) is 8.56. The second kappa shape index (κ2) is 9.06. The minimum atomic E-state index is -3.98. The number of Topliss-reactive ketones (excluding diaryl/α,β-unsaturated/α-hetero) is 1. The van der Waals surface area contributed by atoms with Crippen LogP contribution >= 0.6 is 0 Å². The van der Waals surface area contributed by atoms with Gasteiger partial charge in [-0.25, -0.2) is 18.1 Å². The zero-order valence-corrected chi connectivity index (χ0v) is 21.3. The van der Waals surface area contributed by atoms with Crippen LogP contribution in [0.1, 0.15) is 66.5 Å². The highest BCUT2D eigenvalue weighted by Gasteiger charge is 2.46. The van der Waals surface area contributed by atoms with E-state index in [1.54, 1.807) is 44.2 Å². The van der Waals surface area contributed by atoms with Gasteiger partial charge in [0.1, 0.15) is 11.7 Å². The van der Waals surface area contributed by atoms with E-state index in [2.05, 4.69) is 9.71 Å². The molecule has 4 heterocycles. The summed E-state index contributed by atoms with van der Waals surface area (Å²) in [6, 6.07) is 12.7. The molecule has 5 rings (SSSR count). The predicted octanol–water partition coefficient (Wildman–Crippen LogP) is 2.85. The largest absolute Gasteiger partial charge is 0.469 e. The number of carbonyl (C=O) groups excluding carboxylic acids is 1. The zero-order valence-electron chi connectivity index (χ0n) is 20.5. The van der Waals surface area contributed by atoms with Crippen molar-refractivity contribution in [3.63, 3.8) is 0 Å². The first-order valence-electron chi connectivity index (χ1n) is 12.1. The number of hydrogen-bond acceptors (Lipinski definition) is 6. The Labute approximate surface area is 211 Å². The summed E-state index contributed by atoms with van der Waals surface area (Å²) in [6.07, 6.45) is 4.41. The second-order valence-electron chi connectivity index (χ2n) is 9.88. The quantitative estimate of drug-likeness (QED) is 0.392. The van der Waals surface area contributed by atoms with E-state index >= 15 is 0 Å². The summed E-state index contributed by atoms with van der Waals surface area (Å²) in [7, 11) is -3.98. The van der Waals surface area contributed by atoms with Crippen molar-refractivity contribution in [1.82, 2.24) is 9.71 Å². The molecule has 188 valence electrons. The number of aliphatic hydroxyl groups is 1. The Hall–Kier alpha value is -3.14. The van der Waals surface area contributed by atoms with Crippen molar-refractivity contribution in [1.29, 1.82) is 0 Å². The van der Waals surface area contributed by atoms with Crippen molar-refractivity contribution in [2.75, 3.05) is 0 Å². The molecule has 1 aromatic carbocycles. The van der Waals surface area contributed by atoms with Crippen molar-refractivity contribution in [3.05, 3.63) is 83.3 Å². The molecule has 0 fully saturated rings. The van der Waals surface area contributed by atoms with Gasteiger partial charge in [0.05, 0.1) is 10.9 Å². The standard InChI is InChI=1S/C27H30N3O5S/c1-4-17-8-11-20(12-9-17)36(33,34)29-23-21-15-18(16-28-26(21)35-27(2,3)25(23)32)24(31)22-13-10-19-7-5-6-14-30(19)22/h5-9,11-12,14-16,22-23,25,29,32H,4,10,13H2,1-3H3/q+1/t22?,23-,25+/m1/s1. The van der Waals surface area contributed by atoms with Crippen molar-refractivity contribution in [2.45, 2.75) is 68.7 Å². The van der Waals surface area contributed by atoms with Gasteiger partial charge in [-0.15, -0.1) is 0 Å². The maximum atomic E-state index is 13.5. The molecule has 0 saturated heterocycles. The fraction of sp³-hybridized carbons (Fsp3) is 0.370. The number of nitrogens with zero attached hydrogens (tertiary/aromatic N) is 2. The number of ketones is 1. The van der Waals surface area contributed by atoms with E-state index in [0.717, 1.165) is 24.1 Å². The molecule has 0 spiro atoms. The first-order chi connectivity index (χ1) is 17.1. The topological polar surface area (TPSA) is 109 Å². The van der Waals surface area contributed by atoms with Crippen LogP contribution in [-0.2, 0) is 22.9 Å². The first kappa shape index (κ1) is 24.5. The van der Waals surface area contributed by atoms with Crippen LogP contribution in [0.25, 0.3) is 0 Å². The average Bonchev–Trinajstić information content (AvgIpc) is 3.30. The third kappa shape index (κ3) is 4.31. The molecule has 0 bridgehead atoms. The molecule has 0 radical (unpaired) electrons. The molecule has 2 N–H and O–H groups in total. The maximum absolute atomic E-state index is 13.5. The minimum absolute atomic E-state index is 0.0944. The Morgan fingerprint density at radius 1 is 1.22 bits per heavy atom. The van der Waals surface area contributed by atoms with Crippen LogP contribution in [0, 0.1) is 0 Å². The van der Waals surface area contributed by atoms with Crippen LogP contribution < -0.4 is 14.0 Å². The van der Waals surface area contributed by atoms with Crippen molar-refractivity contribution >= 4 is 15.8 Å². The number of pyridine rings is 2. The summed E-state index contributed by atoms with van der Waals surface area (Å²) < 4.78 is 37.1. The lowest BCUT2D eigenvalue weighted by Crippen LogP contribution is -2.53. The highest BCUT2D eigenvalue weighted by molar-refractivity contribution is 7.89. The van der Waals surface area contributed by atoms with Crippen LogP contribution in [-0.4, -0.2) is 36.0 Å². The van der Waals surface area contributed by atoms with Gasteiger partial charge in [0.25, 0.3) is 0 Å². The van der Waals surface area contributed by atoms with E-state index in [-0.39, 0.29) is 22.6 Å². The van der Waals surface area contributed by atoms with Gasteiger partial charge in [-0.1, -0.05) is 25.1 Å². The summed E-state index contributed by atoms with van der Waals surface area (Å²) in [5.74, 6) is 0.0756. The van der Waals surface area contributed by atoms with E-state index in [9.17, 15) is 18.3 Å². The Morgan fingerprint density at radius 2 is 1.97 bits per heavy atom. The predicted molar refractivity (Wildman–Crippen MR) is 132 cm³/mol. The summed E-state index contributed by atoms with van der Waals surface area (Å²) in [4.78, 5) is 17.9. The van der Waals surface area contributed by atoms with E-state index in [1.165, 1.54) is 6.20 Å². The van der Waals surface area contributed by atoms with E-state index < -0.39 is 27.8 Å². The van der Waals surface area contributed by atoms with Crippen molar-refractivity contribution < 1.29 is 27.6 Å².